The molecule has 0 heterocycles. The highest BCUT2D eigenvalue weighted by Gasteiger charge is 2.01. The first-order valence-corrected chi connectivity index (χ1v) is 6.58. The minimum atomic E-state index is 0.599. The average Bonchev–Trinajstić information content (AvgIpc) is 2.38. The lowest BCUT2D eigenvalue weighted by Gasteiger charge is -2.08. The molecule has 2 N–H and O–H groups in total. The fourth-order valence-electron chi connectivity index (χ4n) is 2.08. The van der Waals surface area contributed by atoms with Gasteiger partial charge in [0.05, 0.1) is 0 Å². The second-order valence-corrected chi connectivity index (χ2v) is 5.14. The largest absolute Gasteiger partial charge is 0.399 e. The first-order valence-electron chi connectivity index (χ1n) is 6.58. The first-order chi connectivity index (χ1) is 8.65. The van der Waals surface area contributed by atoms with Crippen molar-refractivity contribution in [3.8, 4) is 0 Å². The molecule has 0 unspecified atom stereocenters. The van der Waals surface area contributed by atoms with Crippen molar-refractivity contribution >= 4 is 5.69 Å². The minimum Gasteiger partial charge on any atom is -0.399 e. The maximum Gasteiger partial charge on any atom is 0.0314 e. The van der Waals surface area contributed by atoms with Crippen LogP contribution in [0.4, 0.5) is 5.69 Å². The second-order valence-electron chi connectivity index (χ2n) is 5.14. The van der Waals surface area contributed by atoms with Crippen LogP contribution in [0.15, 0.2) is 48.5 Å². The number of nitrogen functional groups attached to an aromatic ring is 1. The normalized spacial score (nSPS) is 10.8. The molecule has 1 nitrogen and oxygen atoms in total. The summed E-state index contributed by atoms with van der Waals surface area (Å²) in [7, 11) is 0. The summed E-state index contributed by atoms with van der Waals surface area (Å²) in [6.07, 6.45) is 2.16. The highest BCUT2D eigenvalue weighted by atomic mass is 14.5. The lowest BCUT2D eigenvalue weighted by Crippen LogP contribution is -1.94. The van der Waals surface area contributed by atoms with Crippen molar-refractivity contribution < 1.29 is 0 Å². The summed E-state index contributed by atoms with van der Waals surface area (Å²) in [5.74, 6) is 0.599. The zero-order chi connectivity index (χ0) is 13.0. The van der Waals surface area contributed by atoms with Gasteiger partial charge in [0, 0.05) is 5.69 Å². The summed E-state index contributed by atoms with van der Waals surface area (Å²) in [4.78, 5) is 0. The van der Waals surface area contributed by atoms with Crippen LogP contribution in [0.3, 0.4) is 0 Å². The third-order valence-electron chi connectivity index (χ3n) is 3.30. The lowest BCUT2D eigenvalue weighted by atomic mass is 9.98. The van der Waals surface area contributed by atoms with Crippen LogP contribution in [0, 0.1) is 0 Å². The van der Waals surface area contributed by atoms with Crippen molar-refractivity contribution in [3.05, 3.63) is 65.2 Å². The van der Waals surface area contributed by atoms with Crippen molar-refractivity contribution in [2.45, 2.75) is 32.6 Å². The van der Waals surface area contributed by atoms with Crippen molar-refractivity contribution in [3.63, 3.8) is 0 Å². The van der Waals surface area contributed by atoms with Crippen molar-refractivity contribution in [2.75, 3.05) is 5.73 Å². The molecule has 0 aliphatic heterocycles. The van der Waals surface area contributed by atoms with E-state index in [1.165, 1.54) is 16.7 Å². The number of benzene rings is 2. The molecule has 2 rings (SSSR count). The Bertz CT molecular complexity index is 497. The molecule has 18 heavy (non-hydrogen) atoms. The quantitative estimate of drug-likeness (QED) is 0.796. The van der Waals surface area contributed by atoms with Crippen LogP contribution in [0.2, 0.25) is 0 Å². The van der Waals surface area contributed by atoms with Crippen LogP contribution >= 0.6 is 0 Å². The molecule has 2 aromatic rings. The van der Waals surface area contributed by atoms with E-state index in [9.17, 15) is 0 Å². The molecule has 0 spiro atoms. The molecular formula is C17H21N. The van der Waals surface area contributed by atoms with Gasteiger partial charge in [0.15, 0.2) is 0 Å². The van der Waals surface area contributed by atoms with E-state index in [0.717, 1.165) is 18.5 Å². The maximum absolute atomic E-state index is 5.69. The van der Waals surface area contributed by atoms with E-state index >= 15 is 0 Å². The Morgan fingerprint density at radius 1 is 0.889 bits per heavy atom. The molecule has 0 saturated heterocycles. The number of aryl methyl sites for hydroxylation is 2. The third-order valence-corrected chi connectivity index (χ3v) is 3.30. The predicted molar refractivity (Wildman–Crippen MR) is 78.8 cm³/mol. The smallest absolute Gasteiger partial charge is 0.0314 e. The maximum atomic E-state index is 5.69. The zero-order valence-corrected chi connectivity index (χ0v) is 11.2. The Morgan fingerprint density at radius 3 is 2.22 bits per heavy atom. The lowest BCUT2D eigenvalue weighted by molar-refractivity contribution is 0.858. The van der Waals surface area contributed by atoms with E-state index in [1.54, 1.807) is 0 Å². The molecule has 0 amide bonds. The van der Waals surface area contributed by atoms with Gasteiger partial charge in [0.1, 0.15) is 0 Å². The fourth-order valence-corrected chi connectivity index (χ4v) is 2.08. The Balaban J connectivity index is 2.01. The molecule has 0 aliphatic carbocycles. The highest BCUT2D eigenvalue weighted by molar-refractivity contribution is 5.39. The molecule has 0 saturated carbocycles. The van der Waals surface area contributed by atoms with Gasteiger partial charge in [-0.2, -0.15) is 0 Å². The number of rotatable bonds is 4. The number of hydrogen-bond acceptors (Lipinski definition) is 1. The SMILES string of the molecule is CC(C)c1cccc(CCc2ccc(N)cc2)c1. The van der Waals surface area contributed by atoms with Crippen molar-refractivity contribution in [1.29, 1.82) is 0 Å². The summed E-state index contributed by atoms with van der Waals surface area (Å²) < 4.78 is 0. The van der Waals surface area contributed by atoms with E-state index in [4.69, 9.17) is 5.73 Å². The van der Waals surface area contributed by atoms with E-state index in [1.807, 2.05) is 12.1 Å². The van der Waals surface area contributed by atoms with E-state index in [2.05, 4.69) is 50.2 Å². The van der Waals surface area contributed by atoms with E-state index in [-0.39, 0.29) is 0 Å². The van der Waals surface area contributed by atoms with Gasteiger partial charge in [-0.05, 0) is 47.6 Å². The summed E-state index contributed by atoms with van der Waals surface area (Å²) >= 11 is 0. The zero-order valence-electron chi connectivity index (χ0n) is 11.2. The first kappa shape index (κ1) is 12.7. The van der Waals surface area contributed by atoms with Crippen molar-refractivity contribution in [1.82, 2.24) is 0 Å². The summed E-state index contributed by atoms with van der Waals surface area (Å²) in [5.41, 5.74) is 10.7. The van der Waals surface area contributed by atoms with Crippen LogP contribution < -0.4 is 5.73 Å². The van der Waals surface area contributed by atoms with Crippen LogP contribution in [0.5, 0.6) is 0 Å². The van der Waals surface area contributed by atoms with Gasteiger partial charge >= 0.3 is 0 Å². The van der Waals surface area contributed by atoms with Gasteiger partial charge in [-0.25, -0.2) is 0 Å². The average molecular weight is 239 g/mol. The monoisotopic (exact) mass is 239 g/mol. The predicted octanol–water partition coefficient (Wildman–Crippen LogP) is 4.18. The summed E-state index contributed by atoms with van der Waals surface area (Å²) in [6, 6.07) is 17.1. The van der Waals surface area contributed by atoms with Gasteiger partial charge in [0.25, 0.3) is 0 Å². The molecule has 0 fully saturated rings. The van der Waals surface area contributed by atoms with Crippen LogP contribution in [-0.2, 0) is 12.8 Å². The molecule has 1 heteroatoms. The van der Waals surface area contributed by atoms with Crippen molar-refractivity contribution in [2.24, 2.45) is 0 Å². The van der Waals surface area contributed by atoms with Gasteiger partial charge in [-0.3, -0.25) is 0 Å². The molecule has 0 aliphatic rings. The van der Waals surface area contributed by atoms with Gasteiger partial charge < -0.3 is 5.73 Å². The molecule has 0 atom stereocenters. The molecule has 0 bridgehead atoms. The second kappa shape index (κ2) is 5.72. The topological polar surface area (TPSA) is 26.0 Å². The van der Waals surface area contributed by atoms with E-state index < -0.39 is 0 Å². The Hall–Kier alpha value is -1.76. The number of nitrogens with two attached hydrogens (primary N) is 1. The van der Waals surface area contributed by atoms with Gasteiger partial charge in [-0.1, -0.05) is 50.2 Å². The molecular weight excluding hydrogens is 218 g/mol. The number of hydrogen-bond donors (Lipinski definition) is 1. The fraction of sp³-hybridized carbons (Fsp3) is 0.294. The molecule has 94 valence electrons. The summed E-state index contributed by atoms with van der Waals surface area (Å²) in [5, 5.41) is 0. The Labute approximate surface area is 110 Å². The van der Waals surface area contributed by atoms with Crippen LogP contribution in [-0.4, -0.2) is 0 Å². The Morgan fingerprint density at radius 2 is 1.56 bits per heavy atom. The Kier molecular flexibility index (Phi) is 4.03. The molecule has 0 radical (unpaired) electrons. The standard InChI is InChI=1S/C17H21N/c1-13(2)16-5-3-4-15(12-16)7-6-14-8-10-17(18)11-9-14/h3-5,8-13H,6-7,18H2,1-2H3. The summed E-state index contributed by atoms with van der Waals surface area (Å²) in [6.45, 7) is 4.47. The van der Waals surface area contributed by atoms with Gasteiger partial charge in [-0.15, -0.1) is 0 Å². The van der Waals surface area contributed by atoms with Crippen LogP contribution in [0.25, 0.3) is 0 Å². The van der Waals surface area contributed by atoms with E-state index in [0.29, 0.717) is 5.92 Å². The molecule has 2 aromatic carbocycles. The molecule has 0 aromatic heterocycles. The highest BCUT2D eigenvalue weighted by Crippen LogP contribution is 2.17. The number of anilines is 1. The van der Waals surface area contributed by atoms with Crippen LogP contribution in [0.1, 0.15) is 36.5 Å². The third kappa shape index (κ3) is 3.36. The van der Waals surface area contributed by atoms with Gasteiger partial charge in [0.2, 0.25) is 0 Å². The minimum absolute atomic E-state index is 0.599.